The topological polar surface area (TPSA) is 52.4 Å². The van der Waals surface area contributed by atoms with Crippen LogP contribution >= 0.6 is 0 Å². The summed E-state index contributed by atoms with van der Waals surface area (Å²) in [4.78, 5) is 10.5. The molecule has 0 saturated heterocycles. The molecule has 2 rings (SSSR count). The van der Waals surface area contributed by atoms with Crippen molar-refractivity contribution in [2.24, 2.45) is 0 Å². The largest absolute Gasteiger partial charge is 0.485 e. The predicted octanol–water partition coefficient (Wildman–Crippen LogP) is 4.24. The van der Waals surface area contributed by atoms with Crippen LogP contribution in [-0.4, -0.2) is 4.92 Å². The molecule has 0 unspecified atom stereocenters. The van der Waals surface area contributed by atoms with E-state index in [-0.39, 0.29) is 18.0 Å². The first-order valence-electron chi connectivity index (χ1n) is 6.53. The summed E-state index contributed by atoms with van der Waals surface area (Å²) in [6.07, 6.45) is 0. The van der Waals surface area contributed by atoms with E-state index in [1.165, 1.54) is 6.07 Å². The fraction of sp³-hybridized carbons (Fsp3) is 0.250. The normalized spacial score (nSPS) is 10.5. The van der Waals surface area contributed by atoms with Crippen LogP contribution in [0.5, 0.6) is 5.75 Å². The number of para-hydroxylation sites is 1. The highest BCUT2D eigenvalue weighted by atomic mass is 19.1. The Morgan fingerprint density at radius 3 is 2.52 bits per heavy atom. The van der Waals surface area contributed by atoms with Gasteiger partial charge in [0.2, 0.25) is 0 Å². The SMILES string of the molecule is Cc1cc(C)c(OCc2ccccc2[N+](=O)[O-])c(F)c1C. The fourth-order valence-corrected chi connectivity index (χ4v) is 2.15. The van der Waals surface area contributed by atoms with Crippen LogP contribution in [0.15, 0.2) is 30.3 Å². The van der Waals surface area contributed by atoms with E-state index in [0.29, 0.717) is 16.7 Å². The number of hydrogen-bond donors (Lipinski definition) is 0. The first-order chi connectivity index (χ1) is 9.91. The summed E-state index contributed by atoms with van der Waals surface area (Å²) in [5.74, 6) is -0.262. The van der Waals surface area contributed by atoms with Crippen LogP contribution in [0.4, 0.5) is 10.1 Å². The van der Waals surface area contributed by atoms with Gasteiger partial charge < -0.3 is 4.74 Å². The molecule has 0 saturated carbocycles. The molecule has 0 amide bonds. The molecule has 0 aliphatic heterocycles. The molecule has 0 aliphatic carbocycles. The number of aryl methyl sites for hydroxylation is 2. The van der Waals surface area contributed by atoms with Gasteiger partial charge in [0.15, 0.2) is 11.6 Å². The Hall–Kier alpha value is -2.43. The Labute approximate surface area is 122 Å². The molecular weight excluding hydrogens is 273 g/mol. The summed E-state index contributed by atoms with van der Waals surface area (Å²) in [6.45, 7) is 5.22. The van der Waals surface area contributed by atoms with Crippen molar-refractivity contribution in [3.63, 3.8) is 0 Å². The van der Waals surface area contributed by atoms with Gasteiger partial charge in [-0.2, -0.15) is 0 Å². The average Bonchev–Trinajstić information content (AvgIpc) is 2.45. The molecule has 0 atom stereocenters. The van der Waals surface area contributed by atoms with Gasteiger partial charge in [0.1, 0.15) is 6.61 Å². The molecule has 2 aromatic carbocycles. The zero-order valence-electron chi connectivity index (χ0n) is 12.1. The molecule has 5 heteroatoms. The number of rotatable bonds is 4. The van der Waals surface area contributed by atoms with Gasteiger partial charge in [-0.05, 0) is 43.5 Å². The van der Waals surface area contributed by atoms with E-state index in [2.05, 4.69) is 0 Å². The van der Waals surface area contributed by atoms with Gasteiger partial charge in [-0.15, -0.1) is 0 Å². The highest BCUT2D eigenvalue weighted by molar-refractivity contribution is 5.44. The first-order valence-corrected chi connectivity index (χ1v) is 6.53. The van der Waals surface area contributed by atoms with Crippen LogP contribution in [0.1, 0.15) is 22.3 Å². The lowest BCUT2D eigenvalue weighted by atomic mass is 10.1. The van der Waals surface area contributed by atoms with E-state index in [0.717, 1.165) is 5.56 Å². The highest BCUT2D eigenvalue weighted by Crippen LogP contribution is 2.29. The number of nitro groups is 1. The summed E-state index contributed by atoms with van der Waals surface area (Å²) in [5, 5.41) is 10.9. The van der Waals surface area contributed by atoms with E-state index in [9.17, 15) is 14.5 Å². The van der Waals surface area contributed by atoms with E-state index >= 15 is 0 Å². The van der Waals surface area contributed by atoms with Gasteiger partial charge in [-0.1, -0.05) is 18.2 Å². The lowest BCUT2D eigenvalue weighted by Crippen LogP contribution is -2.04. The van der Waals surface area contributed by atoms with Crippen molar-refractivity contribution in [3.05, 3.63) is 68.5 Å². The van der Waals surface area contributed by atoms with Gasteiger partial charge in [-0.25, -0.2) is 4.39 Å². The van der Waals surface area contributed by atoms with Crippen molar-refractivity contribution >= 4 is 5.69 Å². The minimum absolute atomic E-state index is 0.0283. The third-order valence-corrected chi connectivity index (χ3v) is 3.47. The molecule has 0 bridgehead atoms. The van der Waals surface area contributed by atoms with E-state index in [1.54, 1.807) is 32.0 Å². The second kappa shape index (κ2) is 5.91. The van der Waals surface area contributed by atoms with E-state index in [1.807, 2.05) is 13.0 Å². The molecule has 0 radical (unpaired) electrons. The lowest BCUT2D eigenvalue weighted by molar-refractivity contribution is -0.385. The number of nitro benzene ring substituents is 1. The zero-order chi connectivity index (χ0) is 15.6. The predicted molar refractivity (Wildman–Crippen MR) is 78.0 cm³/mol. The minimum atomic E-state index is -0.470. The third kappa shape index (κ3) is 3.02. The Kier molecular flexibility index (Phi) is 4.21. The first kappa shape index (κ1) is 15.0. The zero-order valence-corrected chi connectivity index (χ0v) is 12.1. The quantitative estimate of drug-likeness (QED) is 0.625. The summed E-state index contributed by atoms with van der Waals surface area (Å²) < 4.78 is 19.7. The maximum Gasteiger partial charge on any atom is 0.276 e. The minimum Gasteiger partial charge on any atom is -0.485 e. The van der Waals surface area contributed by atoms with Crippen LogP contribution in [0, 0.1) is 36.7 Å². The Bertz CT molecular complexity index is 698. The lowest BCUT2D eigenvalue weighted by Gasteiger charge is -2.13. The number of benzene rings is 2. The maximum atomic E-state index is 14.2. The van der Waals surface area contributed by atoms with Crippen LogP contribution in [0.3, 0.4) is 0 Å². The highest BCUT2D eigenvalue weighted by Gasteiger charge is 2.16. The third-order valence-electron chi connectivity index (χ3n) is 3.47. The van der Waals surface area contributed by atoms with Gasteiger partial charge >= 0.3 is 0 Å². The fourth-order valence-electron chi connectivity index (χ4n) is 2.15. The van der Waals surface area contributed by atoms with Crippen molar-refractivity contribution in [1.29, 1.82) is 0 Å². The molecular formula is C16H16FNO3. The Morgan fingerprint density at radius 1 is 1.19 bits per heavy atom. The summed E-state index contributed by atoms with van der Waals surface area (Å²) in [7, 11) is 0. The van der Waals surface area contributed by atoms with Crippen molar-refractivity contribution in [2.75, 3.05) is 0 Å². The van der Waals surface area contributed by atoms with Crippen molar-refractivity contribution in [2.45, 2.75) is 27.4 Å². The van der Waals surface area contributed by atoms with Gasteiger partial charge in [0.05, 0.1) is 10.5 Å². The average molecular weight is 289 g/mol. The monoisotopic (exact) mass is 289 g/mol. The molecule has 2 aromatic rings. The molecule has 110 valence electrons. The standard InChI is InChI=1S/C16H16FNO3/c1-10-8-11(2)16(15(17)12(10)3)21-9-13-6-4-5-7-14(13)18(19)20/h4-8H,9H2,1-3H3. The Morgan fingerprint density at radius 2 is 1.86 bits per heavy atom. The second-order valence-corrected chi connectivity index (χ2v) is 4.95. The van der Waals surface area contributed by atoms with Crippen LogP contribution in [-0.2, 0) is 6.61 Å². The number of ether oxygens (including phenoxy) is 1. The van der Waals surface area contributed by atoms with Gasteiger partial charge in [0, 0.05) is 6.07 Å². The molecule has 0 N–H and O–H groups in total. The number of halogens is 1. The van der Waals surface area contributed by atoms with Crippen LogP contribution in [0.2, 0.25) is 0 Å². The van der Waals surface area contributed by atoms with E-state index < -0.39 is 10.7 Å². The van der Waals surface area contributed by atoms with Crippen LogP contribution < -0.4 is 4.74 Å². The molecule has 21 heavy (non-hydrogen) atoms. The van der Waals surface area contributed by atoms with E-state index in [4.69, 9.17) is 4.74 Å². The van der Waals surface area contributed by atoms with Crippen molar-refractivity contribution < 1.29 is 14.1 Å². The van der Waals surface area contributed by atoms with Crippen molar-refractivity contribution in [1.82, 2.24) is 0 Å². The summed E-state index contributed by atoms with van der Waals surface area (Å²) >= 11 is 0. The molecule has 0 aliphatic rings. The summed E-state index contributed by atoms with van der Waals surface area (Å²) in [5.41, 5.74) is 2.44. The molecule has 4 nitrogen and oxygen atoms in total. The van der Waals surface area contributed by atoms with Gasteiger partial charge in [0.25, 0.3) is 5.69 Å². The Balaban J connectivity index is 2.30. The molecule has 0 heterocycles. The molecule has 0 fully saturated rings. The van der Waals surface area contributed by atoms with Gasteiger partial charge in [-0.3, -0.25) is 10.1 Å². The maximum absolute atomic E-state index is 14.2. The van der Waals surface area contributed by atoms with Crippen LogP contribution in [0.25, 0.3) is 0 Å². The van der Waals surface area contributed by atoms with Crippen molar-refractivity contribution in [3.8, 4) is 5.75 Å². The smallest absolute Gasteiger partial charge is 0.276 e. The molecule has 0 aromatic heterocycles. The summed E-state index contributed by atoms with van der Waals surface area (Å²) in [6, 6.07) is 8.13. The number of nitrogens with zero attached hydrogens (tertiary/aromatic N) is 1. The number of hydrogen-bond acceptors (Lipinski definition) is 3. The molecule has 0 spiro atoms. The second-order valence-electron chi connectivity index (χ2n) is 4.95.